The molecule has 8 heteroatoms. The number of carbonyl (C=O) groups excluding carboxylic acids is 1. The third-order valence-corrected chi connectivity index (χ3v) is 4.48. The number of amides is 1. The fourth-order valence-corrected chi connectivity index (χ4v) is 2.96. The fraction of sp³-hybridized carbons (Fsp3) is 0.263. The molecule has 1 aliphatic rings. The van der Waals surface area contributed by atoms with Crippen LogP contribution in [-0.2, 0) is 0 Å². The van der Waals surface area contributed by atoms with Gasteiger partial charge >= 0.3 is 0 Å². The third-order valence-electron chi connectivity index (χ3n) is 4.48. The number of hydrogen-bond donors (Lipinski definition) is 1. The van der Waals surface area contributed by atoms with Gasteiger partial charge in [-0.15, -0.1) is 5.10 Å². The van der Waals surface area contributed by atoms with E-state index in [9.17, 15) is 4.79 Å². The Kier molecular flexibility index (Phi) is 4.69. The maximum atomic E-state index is 12.4. The first kappa shape index (κ1) is 17.0. The molecule has 0 spiro atoms. The summed E-state index contributed by atoms with van der Waals surface area (Å²) in [6, 6.07) is 11.4. The number of hydrogen-bond acceptors (Lipinski definition) is 7. The lowest BCUT2D eigenvalue weighted by Gasteiger charge is -2.34. The van der Waals surface area contributed by atoms with Crippen molar-refractivity contribution >= 4 is 23.4 Å². The van der Waals surface area contributed by atoms with Crippen molar-refractivity contribution < 1.29 is 9.21 Å². The number of nitrogens with zero attached hydrogens (tertiary/aromatic N) is 5. The summed E-state index contributed by atoms with van der Waals surface area (Å²) in [6.07, 6.45) is 3.16. The van der Waals surface area contributed by atoms with Gasteiger partial charge < -0.3 is 19.5 Å². The first-order chi connectivity index (χ1) is 13.2. The van der Waals surface area contributed by atoms with Crippen molar-refractivity contribution in [3.8, 4) is 0 Å². The second-order valence-electron chi connectivity index (χ2n) is 6.39. The van der Waals surface area contributed by atoms with Gasteiger partial charge in [0.25, 0.3) is 5.91 Å². The highest BCUT2D eigenvalue weighted by atomic mass is 16.3. The minimum atomic E-state index is -0.0813. The van der Waals surface area contributed by atoms with E-state index in [0.717, 1.165) is 11.5 Å². The minimum absolute atomic E-state index is 0.0813. The van der Waals surface area contributed by atoms with E-state index in [2.05, 4.69) is 25.4 Å². The van der Waals surface area contributed by atoms with Crippen LogP contribution in [0.4, 0.5) is 17.5 Å². The lowest BCUT2D eigenvalue weighted by molar-refractivity contribution is 0.0714. The maximum absolute atomic E-state index is 12.4. The number of carbonyl (C=O) groups is 1. The van der Waals surface area contributed by atoms with Crippen LogP contribution in [0.3, 0.4) is 0 Å². The number of furan rings is 1. The van der Waals surface area contributed by atoms with Gasteiger partial charge in [-0.25, -0.2) is 0 Å². The largest absolute Gasteiger partial charge is 0.459 e. The number of benzene rings is 1. The van der Waals surface area contributed by atoms with Crippen molar-refractivity contribution in [1.82, 2.24) is 20.1 Å². The highest BCUT2D eigenvalue weighted by Gasteiger charge is 2.24. The van der Waals surface area contributed by atoms with Gasteiger partial charge in [0.05, 0.1) is 12.5 Å². The Morgan fingerprint density at radius 1 is 1.11 bits per heavy atom. The number of nitrogens with one attached hydrogen (secondary N) is 1. The molecule has 1 N–H and O–H groups in total. The molecule has 1 amide bonds. The molecule has 1 aromatic carbocycles. The molecule has 0 unspecified atom stereocenters. The highest BCUT2D eigenvalue weighted by Crippen LogP contribution is 2.18. The number of anilines is 3. The van der Waals surface area contributed by atoms with Crippen molar-refractivity contribution in [1.29, 1.82) is 0 Å². The Bertz CT molecular complexity index is 902. The molecular weight excluding hydrogens is 344 g/mol. The predicted octanol–water partition coefficient (Wildman–Crippen LogP) is 2.48. The third kappa shape index (κ3) is 3.89. The molecule has 0 saturated carbocycles. The number of aryl methyl sites for hydroxylation is 1. The predicted molar refractivity (Wildman–Crippen MR) is 101 cm³/mol. The van der Waals surface area contributed by atoms with E-state index in [0.29, 0.717) is 37.9 Å². The lowest BCUT2D eigenvalue weighted by atomic mass is 10.2. The Morgan fingerprint density at radius 3 is 2.59 bits per heavy atom. The van der Waals surface area contributed by atoms with Gasteiger partial charge in [-0.1, -0.05) is 17.7 Å². The first-order valence-electron chi connectivity index (χ1n) is 8.80. The van der Waals surface area contributed by atoms with Crippen LogP contribution in [0, 0.1) is 6.92 Å². The molecular formula is C19H20N6O2. The molecule has 3 aromatic rings. The summed E-state index contributed by atoms with van der Waals surface area (Å²) in [6.45, 7) is 4.59. The zero-order chi connectivity index (χ0) is 18.6. The molecule has 8 nitrogen and oxygen atoms in total. The second kappa shape index (κ2) is 7.45. The van der Waals surface area contributed by atoms with Crippen molar-refractivity contribution in [3.05, 3.63) is 60.2 Å². The monoisotopic (exact) mass is 364 g/mol. The van der Waals surface area contributed by atoms with Gasteiger partial charge in [-0.05, 0) is 31.2 Å². The number of rotatable bonds is 4. The summed E-state index contributed by atoms with van der Waals surface area (Å²) in [5.74, 6) is 1.48. The molecule has 3 heterocycles. The van der Waals surface area contributed by atoms with Crippen molar-refractivity contribution in [2.75, 3.05) is 36.4 Å². The molecule has 2 aromatic heterocycles. The van der Waals surface area contributed by atoms with Gasteiger partial charge in [-0.2, -0.15) is 10.1 Å². The van der Waals surface area contributed by atoms with Gasteiger partial charge in [0.1, 0.15) is 0 Å². The van der Waals surface area contributed by atoms with E-state index in [4.69, 9.17) is 4.42 Å². The van der Waals surface area contributed by atoms with Crippen LogP contribution in [0.25, 0.3) is 0 Å². The van der Waals surface area contributed by atoms with Crippen molar-refractivity contribution in [2.45, 2.75) is 6.92 Å². The van der Waals surface area contributed by atoms with Gasteiger partial charge in [-0.3, -0.25) is 4.79 Å². The minimum Gasteiger partial charge on any atom is -0.459 e. The summed E-state index contributed by atoms with van der Waals surface area (Å²) >= 11 is 0. The fourth-order valence-electron chi connectivity index (χ4n) is 2.96. The molecule has 0 radical (unpaired) electrons. The van der Waals surface area contributed by atoms with Crippen molar-refractivity contribution in [3.63, 3.8) is 0 Å². The second-order valence-corrected chi connectivity index (χ2v) is 6.39. The lowest BCUT2D eigenvalue weighted by Crippen LogP contribution is -2.49. The highest BCUT2D eigenvalue weighted by molar-refractivity contribution is 5.91. The zero-order valence-corrected chi connectivity index (χ0v) is 15.0. The molecule has 4 rings (SSSR count). The molecule has 1 fully saturated rings. The summed E-state index contributed by atoms with van der Waals surface area (Å²) in [4.78, 5) is 20.8. The Labute approximate surface area is 156 Å². The quantitative estimate of drug-likeness (QED) is 0.761. The molecule has 0 aliphatic carbocycles. The Morgan fingerprint density at radius 2 is 1.89 bits per heavy atom. The van der Waals surface area contributed by atoms with E-state index in [1.54, 1.807) is 23.2 Å². The molecule has 0 atom stereocenters. The standard InChI is InChI=1S/C19H20N6O2/c1-14-4-6-15(7-5-14)21-19-22-17(13-20-23-19)24-8-10-25(11-9-24)18(26)16-3-2-12-27-16/h2-7,12-13H,8-11H2,1H3,(H,21,22,23). The number of aromatic nitrogens is 3. The average molecular weight is 364 g/mol. The normalized spacial score (nSPS) is 14.3. The van der Waals surface area contributed by atoms with Crippen molar-refractivity contribution in [2.24, 2.45) is 0 Å². The van der Waals surface area contributed by atoms with Crippen LogP contribution >= 0.6 is 0 Å². The first-order valence-corrected chi connectivity index (χ1v) is 8.80. The van der Waals surface area contributed by atoms with Crippen LogP contribution in [0.15, 0.2) is 53.3 Å². The van der Waals surface area contributed by atoms with E-state index in [1.165, 1.54) is 11.8 Å². The molecule has 138 valence electrons. The molecule has 1 aliphatic heterocycles. The molecule has 0 bridgehead atoms. The van der Waals surface area contributed by atoms with Gasteiger partial charge in [0, 0.05) is 31.9 Å². The van der Waals surface area contributed by atoms with E-state index < -0.39 is 0 Å². The summed E-state index contributed by atoms with van der Waals surface area (Å²) in [5, 5.41) is 11.3. The van der Waals surface area contributed by atoms with Crippen LogP contribution in [-0.4, -0.2) is 52.2 Å². The smallest absolute Gasteiger partial charge is 0.289 e. The summed E-state index contributed by atoms with van der Waals surface area (Å²) in [5.41, 5.74) is 2.10. The summed E-state index contributed by atoms with van der Waals surface area (Å²) in [7, 11) is 0. The molecule has 27 heavy (non-hydrogen) atoms. The van der Waals surface area contributed by atoms with Gasteiger partial charge in [0.2, 0.25) is 5.95 Å². The SMILES string of the molecule is Cc1ccc(Nc2nncc(N3CCN(C(=O)c4ccco4)CC3)n2)cc1. The molecule has 1 saturated heterocycles. The van der Waals surface area contributed by atoms with Crippen LogP contribution < -0.4 is 10.2 Å². The van der Waals surface area contributed by atoms with E-state index >= 15 is 0 Å². The zero-order valence-electron chi connectivity index (χ0n) is 15.0. The average Bonchev–Trinajstić information content (AvgIpc) is 3.24. The topological polar surface area (TPSA) is 87.4 Å². The van der Waals surface area contributed by atoms with Crippen LogP contribution in [0.1, 0.15) is 16.1 Å². The van der Waals surface area contributed by atoms with Crippen LogP contribution in [0.2, 0.25) is 0 Å². The Balaban J connectivity index is 1.40. The Hall–Kier alpha value is -3.42. The van der Waals surface area contributed by atoms with E-state index in [1.807, 2.05) is 31.2 Å². The summed E-state index contributed by atoms with van der Waals surface area (Å²) < 4.78 is 5.20. The van der Waals surface area contributed by atoms with Crippen LogP contribution in [0.5, 0.6) is 0 Å². The van der Waals surface area contributed by atoms with E-state index in [-0.39, 0.29) is 5.91 Å². The van der Waals surface area contributed by atoms with Gasteiger partial charge in [0.15, 0.2) is 11.6 Å². The maximum Gasteiger partial charge on any atom is 0.289 e. The number of piperazine rings is 1.